The molecule has 2 aliphatic rings. The van der Waals surface area contributed by atoms with Gasteiger partial charge in [0.2, 0.25) is 5.95 Å². The van der Waals surface area contributed by atoms with Gasteiger partial charge in [0, 0.05) is 50.9 Å². The Morgan fingerprint density at radius 3 is 2.31 bits per heavy atom. The number of carbonyl (C=O) groups excluding carboxylic acids is 1. The zero-order valence-electron chi connectivity index (χ0n) is 31.5. The molecule has 1 saturated heterocycles. The predicted molar refractivity (Wildman–Crippen MR) is 214 cm³/mol. The van der Waals surface area contributed by atoms with Gasteiger partial charge in [-0.3, -0.25) is 4.68 Å². The van der Waals surface area contributed by atoms with Crippen LogP contribution in [-0.2, 0) is 13.0 Å². The summed E-state index contributed by atoms with van der Waals surface area (Å²) in [7, 11) is 0. The fourth-order valence-corrected chi connectivity index (χ4v) is 7.94. The van der Waals surface area contributed by atoms with Crippen LogP contribution in [0.25, 0.3) is 11.2 Å². The van der Waals surface area contributed by atoms with Crippen molar-refractivity contribution in [1.29, 1.82) is 0 Å². The van der Waals surface area contributed by atoms with Crippen molar-refractivity contribution in [2.75, 3.05) is 36.5 Å². The molecule has 58 heavy (non-hydrogen) atoms. The molecule has 6 aromatic rings. The van der Waals surface area contributed by atoms with E-state index in [1.807, 2.05) is 35.2 Å². The Labute approximate surface area is 333 Å². The van der Waals surface area contributed by atoms with Crippen LogP contribution in [0.4, 0.5) is 16.6 Å². The summed E-state index contributed by atoms with van der Waals surface area (Å²) in [6, 6.07) is 18.9. The molecule has 0 radical (unpaired) electrons. The Balaban J connectivity index is 1.08. The Morgan fingerprint density at radius 2 is 1.60 bits per heavy atom. The van der Waals surface area contributed by atoms with E-state index < -0.39 is 24.3 Å². The van der Waals surface area contributed by atoms with Gasteiger partial charge in [-0.15, -0.1) is 0 Å². The van der Waals surface area contributed by atoms with Crippen LogP contribution in [0.2, 0.25) is 0 Å². The number of nitrogens with one attached hydrogen (secondary N) is 3. The highest BCUT2D eigenvalue weighted by atomic mass is 16.3. The molecule has 5 atom stereocenters. The van der Waals surface area contributed by atoms with E-state index in [0.717, 1.165) is 22.3 Å². The summed E-state index contributed by atoms with van der Waals surface area (Å²) in [6.07, 6.45) is 4.09. The van der Waals surface area contributed by atoms with E-state index in [2.05, 4.69) is 21.0 Å². The Morgan fingerprint density at radius 1 is 0.879 bits per heavy atom. The number of hydrogen-bond acceptors (Lipinski definition) is 13. The number of amides is 2. The maximum atomic E-state index is 12.9. The standard InChI is InChI=1S/C41H46N10O7/c52-15-13-25-19-45-51(21-25)34-17-33(36(56)37(34)57)50-23-44-35-38(42-20-32(26-4-8-29(53)9-5-26)27-6-10-30(54)11-7-27)47-40(48-39(35)50)49-14-12-28(22-49)46-41(58)43-18-24-2-1-3-31(55)16-24/h1-11,16,19,21,23,28,32-34,36-37,52-57H,12-15,17-18,20,22H2,(H,42,47,48)(H2,43,46,58)/t28-,33-,34+,36+,37-/m1/s1. The Kier molecular flexibility index (Phi) is 11.0. The number of urea groups is 1. The molecule has 2 amide bonds. The first-order chi connectivity index (χ1) is 28.1. The third-order valence-corrected chi connectivity index (χ3v) is 11.0. The first-order valence-corrected chi connectivity index (χ1v) is 19.3. The zero-order valence-corrected chi connectivity index (χ0v) is 31.5. The fourth-order valence-electron chi connectivity index (χ4n) is 7.94. The number of aromatic hydroxyl groups is 3. The minimum absolute atomic E-state index is 0.0321. The molecule has 302 valence electrons. The van der Waals surface area contributed by atoms with E-state index >= 15 is 0 Å². The predicted octanol–water partition coefficient (Wildman–Crippen LogP) is 2.90. The van der Waals surface area contributed by atoms with Crippen LogP contribution in [0.1, 0.15) is 53.1 Å². The number of carbonyl (C=O) groups is 1. The lowest BCUT2D eigenvalue weighted by Crippen LogP contribution is -2.43. The molecule has 0 spiro atoms. The number of nitrogens with zero attached hydrogens (tertiary/aromatic N) is 7. The number of fused-ring (bicyclic) bond motifs is 1. The van der Waals surface area contributed by atoms with Gasteiger partial charge in [-0.25, -0.2) is 9.78 Å². The smallest absolute Gasteiger partial charge is 0.315 e. The summed E-state index contributed by atoms with van der Waals surface area (Å²) in [4.78, 5) is 29.6. The van der Waals surface area contributed by atoms with Gasteiger partial charge in [-0.05, 0) is 77.9 Å². The summed E-state index contributed by atoms with van der Waals surface area (Å²) in [6.45, 7) is 1.53. The van der Waals surface area contributed by atoms with Gasteiger partial charge in [0.05, 0.1) is 24.6 Å². The quantitative estimate of drug-likeness (QED) is 0.0819. The van der Waals surface area contributed by atoms with Crippen molar-refractivity contribution in [3.05, 3.63) is 114 Å². The maximum Gasteiger partial charge on any atom is 0.315 e. The van der Waals surface area contributed by atoms with Crippen molar-refractivity contribution < 1.29 is 35.4 Å². The van der Waals surface area contributed by atoms with E-state index in [4.69, 9.17) is 15.0 Å². The van der Waals surface area contributed by atoms with E-state index in [-0.39, 0.29) is 48.4 Å². The van der Waals surface area contributed by atoms with Gasteiger partial charge in [-0.1, -0.05) is 36.4 Å². The average molecular weight is 791 g/mol. The molecule has 1 saturated carbocycles. The molecule has 3 aromatic heterocycles. The number of rotatable bonds is 13. The minimum atomic E-state index is -1.17. The van der Waals surface area contributed by atoms with Crippen LogP contribution in [0.3, 0.4) is 0 Å². The summed E-state index contributed by atoms with van der Waals surface area (Å²) in [5.74, 6) is 0.998. The van der Waals surface area contributed by atoms with E-state index in [1.165, 1.54) is 0 Å². The zero-order chi connectivity index (χ0) is 40.3. The minimum Gasteiger partial charge on any atom is -0.508 e. The maximum absolute atomic E-state index is 12.9. The number of aliphatic hydroxyl groups is 3. The molecule has 9 N–H and O–H groups in total. The van der Waals surface area contributed by atoms with Gasteiger partial charge in [-0.2, -0.15) is 15.1 Å². The van der Waals surface area contributed by atoms with Crippen molar-refractivity contribution >= 4 is 29.0 Å². The monoisotopic (exact) mass is 790 g/mol. The number of benzene rings is 3. The number of aliphatic hydroxyl groups excluding tert-OH is 3. The first kappa shape index (κ1) is 38.4. The molecule has 17 heteroatoms. The van der Waals surface area contributed by atoms with Gasteiger partial charge in [0.25, 0.3) is 0 Å². The van der Waals surface area contributed by atoms with Crippen molar-refractivity contribution in [2.45, 2.75) is 62.1 Å². The molecule has 4 heterocycles. The van der Waals surface area contributed by atoms with E-state index in [0.29, 0.717) is 61.8 Å². The van der Waals surface area contributed by atoms with Crippen LogP contribution in [0, 0.1) is 0 Å². The second-order valence-electron chi connectivity index (χ2n) is 14.9. The lowest BCUT2D eigenvalue weighted by molar-refractivity contribution is 0.00721. The number of phenolic OH excluding ortho intramolecular Hbond substituents is 3. The van der Waals surface area contributed by atoms with Crippen molar-refractivity contribution in [3.8, 4) is 17.2 Å². The largest absolute Gasteiger partial charge is 0.508 e. The highest BCUT2D eigenvalue weighted by Gasteiger charge is 2.44. The number of anilines is 2. The summed E-state index contributed by atoms with van der Waals surface area (Å²) < 4.78 is 3.41. The number of phenols is 3. The number of aromatic nitrogens is 6. The second kappa shape index (κ2) is 16.6. The van der Waals surface area contributed by atoms with Gasteiger partial charge in [0.1, 0.15) is 29.5 Å². The topological polar surface area (TPSA) is 239 Å². The molecule has 17 nitrogen and oxygen atoms in total. The molecule has 2 fully saturated rings. The van der Waals surface area contributed by atoms with E-state index in [9.17, 15) is 35.4 Å². The summed E-state index contributed by atoms with van der Waals surface area (Å²) in [5, 5.41) is 75.7. The third kappa shape index (κ3) is 8.18. The van der Waals surface area contributed by atoms with Crippen LogP contribution < -0.4 is 20.9 Å². The van der Waals surface area contributed by atoms with Crippen molar-refractivity contribution in [3.63, 3.8) is 0 Å². The lowest BCUT2D eigenvalue weighted by Gasteiger charge is -2.22. The Bertz CT molecular complexity index is 2310. The van der Waals surface area contributed by atoms with Crippen LogP contribution in [-0.4, -0.2) is 110 Å². The van der Waals surface area contributed by atoms with Gasteiger partial charge < -0.3 is 56.1 Å². The normalized spacial score (nSPS) is 20.6. The average Bonchev–Trinajstić information content (AvgIpc) is 4.03. The molecular weight excluding hydrogens is 745 g/mol. The summed E-state index contributed by atoms with van der Waals surface area (Å²) in [5.41, 5.74) is 4.31. The highest BCUT2D eigenvalue weighted by molar-refractivity contribution is 5.84. The van der Waals surface area contributed by atoms with E-state index in [1.54, 1.807) is 70.4 Å². The van der Waals surface area contributed by atoms with Crippen LogP contribution in [0.15, 0.2) is 91.5 Å². The lowest BCUT2D eigenvalue weighted by atomic mass is 9.91. The van der Waals surface area contributed by atoms with Crippen LogP contribution in [0.5, 0.6) is 17.2 Å². The first-order valence-electron chi connectivity index (χ1n) is 19.3. The molecule has 3 aromatic carbocycles. The van der Waals surface area contributed by atoms with Gasteiger partial charge in [0.15, 0.2) is 17.0 Å². The number of imidazole rings is 1. The molecule has 0 bridgehead atoms. The molecule has 1 aliphatic heterocycles. The SMILES string of the molecule is O=C(NCc1cccc(O)c1)N[C@@H]1CCN(c2nc(NCC(c3ccc(O)cc3)c3ccc(O)cc3)c3ncn([C@@H]4C[C@H](n5cc(CCO)cn5)[C@@H](O)[C@H]4O)c3n2)C1. The van der Waals surface area contributed by atoms with Crippen molar-refractivity contribution in [2.24, 2.45) is 0 Å². The fraction of sp³-hybridized carbons (Fsp3) is 0.341. The molecular formula is C41H46N10O7. The second-order valence-corrected chi connectivity index (χ2v) is 14.9. The Hall–Kier alpha value is -6.43. The summed E-state index contributed by atoms with van der Waals surface area (Å²) >= 11 is 0. The van der Waals surface area contributed by atoms with Gasteiger partial charge >= 0.3 is 6.03 Å². The molecule has 1 aliphatic carbocycles. The third-order valence-electron chi connectivity index (χ3n) is 11.0. The van der Waals surface area contributed by atoms with Crippen LogP contribution >= 0.6 is 0 Å². The molecule has 8 rings (SSSR count). The van der Waals surface area contributed by atoms with Crippen molar-refractivity contribution in [1.82, 2.24) is 39.9 Å². The number of hydrogen-bond donors (Lipinski definition) is 9. The highest BCUT2D eigenvalue weighted by Crippen LogP contribution is 2.40. The molecule has 0 unspecified atom stereocenters.